The number of anilines is 1. The molecule has 0 saturated carbocycles. The van der Waals surface area contributed by atoms with Crippen LogP contribution in [0.2, 0.25) is 0 Å². The zero-order valence-corrected chi connectivity index (χ0v) is 18.6. The van der Waals surface area contributed by atoms with Crippen molar-refractivity contribution in [2.24, 2.45) is 5.92 Å². The van der Waals surface area contributed by atoms with Crippen molar-refractivity contribution in [3.8, 4) is 0 Å². The van der Waals surface area contributed by atoms with Crippen molar-refractivity contribution in [3.63, 3.8) is 0 Å². The Balaban J connectivity index is 1.54. The lowest BCUT2D eigenvalue weighted by molar-refractivity contribution is -0.134. The molecule has 1 N–H and O–H groups in total. The van der Waals surface area contributed by atoms with Crippen LogP contribution in [0.5, 0.6) is 0 Å². The standard InChI is InChI=1S/C22H29N5O2S/c1-14-9-15(2)24-22(23-14)25-18(7-8-30-3)21(29)26-11-16-10-17(13-26)19-5-4-6-20(28)27(19)12-16/h4-6,9,16-18H,7-8,10-13H2,1-3H3,(H,23,24,25). The second kappa shape index (κ2) is 8.79. The number of nitrogens with one attached hydrogen (secondary N) is 1. The van der Waals surface area contributed by atoms with Crippen molar-refractivity contribution in [1.29, 1.82) is 0 Å². The number of amides is 1. The highest BCUT2D eigenvalue weighted by Gasteiger charge is 2.38. The number of pyridine rings is 1. The molecule has 0 aromatic carbocycles. The predicted molar refractivity (Wildman–Crippen MR) is 120 cm³/mol. The summed E-state index contributed by atoms with van der Waals surface area (Å²) in [4.78, 5) is 36.7. The number of aromatic nitrogens is 3. The highest BCUT2D eigenvalue weighted by Crippen LogP contribution is 2.35. The van der Waals surface area contributed by atoms with E-state index >= 15 is 0 Å². The Morgan fingerprint density at radius 2 is 2.00 bits per heavy atom. The van der Waals surface area contributed by atoms with E-state index in [1.54, 1.807) is 17.8 Å². The molecule has 7 nitrogen and oxygen atoms in total. The minimum absolute atomic E-state index is 0.0634. The normalized spacial score (nSPS) is 21.1. The highest BCUT2D eigenvalue weighted by molar-refractivity contribution is 7.98. The van der Waals surface area contributed by atoms with Gasteiger partial charge in [-0.2, -0.15) is 11.8 Å². The average molecular weight is 428 g/mol. The first kappa shape index (κ1) is 20.9. The second-order valence-corrected chi connectivity index (χ2v) is 9.38. The Labute approximate surface area is 181 Å². The van der Waals surface area contributed by atoms with E-state index in [9.17, 15) is 9.59 Å². The SMILES string of the molecule is CSCCC(Nc1nc(C)cc(C)n1)C(=O)N1CC2CC(C1)c1cccc(=O)n1C2. The Hall–Kier alpha value is -2.35. The van der Waals surface area contributed by atoms with E-state index in [0.29, 0.717) is 31.5 Å². The van der Waals surface area contributed by atoms with Gasteiger partial charge in [-0.15, -0.1) is 0 Å². The number of piperidine rings is 1. The summed E-state index contributed by atoms with van der Waals surface area (Å²) in [6, 6.07) is 7.06. The van der Waals surface area contributed by atoms with E-state index in [1.165, 1.54) is 0 Å². The fourth-order valence-corrected chi connectivity index (χ4v) is 5.21. The Morgan fingerprint density at radius 1 is 1.23 bits per heavy atom. The molecule has 160 valence electrons. The monoisotopic (exact) mass is 427 g/mol. The summed E-state index contributed by atoms with van der Waals surface area (Å²) in [6.07, 6.45) is 3.81. The summed E-state index contributed by atoms with van der Waals surface area (Å²) in [5.41, 5.74) is 2.89. The van der Waals surface area contributed by atoms with E-state index in [0.717, 1.165) is 35.7 Å². The number of nitrogens with zero attached hydrogens (tertiary/aromatic N) is 4. The molecule has 4 rings (SSSR count). The van der Waals surface area contributed by atoms with Crippen molar-refractivity contribution in [2.45, 2.75) is 45.2 Å². The third-order valence-electron chi connectivity index (χ3n) is 5.99. The maximum Gasteiger partial charge on any atom is 0.250 e. The summed E-state index contributed by atoms with van der Waals surface area (Å²) in [7, 11) is 0. The molecule has 8 heteroatoms. The first-order chi connectivity index (χ1) is 14.4. The van der Waals surface area contributed by atoms with Gasteiger partial charge in [0.25, 0.3) is 5.56 Å². The Bertz CT molecular complexity index is 971. The van der Waals surface area contributed by atoms with Gasteiger partial charge in [0.05, 0.1) is 0 Å². The maximum absolute atomic E-state index is 13.5. The molecule has 2 aliphatic rings. The first-order valence-electron chi connectivity index (χ1n) is 10.5. The fraction of sp³-hybridized carbons (Fsp3) is 0.545. The molecule has 3 atom stereocenters. The van der Waals surface area contributed by atoms with Crippen LogP contribution in [-0.4, -0.2) is 56.5 Å². The van der Waals surface area contributed by atoms with Crippen LogP contribution >= 0.6 is 11.8 Å². The minimum atomic E-state index is -0.351. The molecule has 4 heterocycles. The van der Waals surface area contributed by atoms with Gasteiger partial charge in [-0.3, -0.25) is 9.59 Å². The third kappa shape index (κ3) is 4.38. The third-order valence-corrected chi connectivity index (χ3v) is 6.63. The van der Waals surface area contributed by atoms with E-state index in [1.807, 2.05) is 41.5 Å². The molecule has 1 saturated heterocycles. The van der Waals surface area contributed by atoms with Crippen LogP contribution in [0.1, 0.15) is 35.8 Å². The molecule has 3 unspecified atom stereocenters. The molecule has 0 aliphatic carbocycles. The van der Waals surface area contributed by atoms with Gasteiger partial charge in [-0.1, -0.05) is 6.07 Å². The van der Waals surface area contributed by atoms with Gasteiger partial charge in [0.15, 0.2) is 0 Å². The molecule has 2 aromatic rings. The average Bonchev–Trinajstić information content (AvgIpc) is 2.70. The number of carbonyl (C=O) groups excluding carboxylic acids is 1. The van der Waals surface area contributed by atoms with Crippen LogP contribution in [0, 0.1) is 19.8 Å². The number of hydrogen-bond acceptors (Lipinski definition) is 6. The largest absolute Gasteiger partial charge is 0.342 e. The number of hydrogen-bond donors (Lipinski definition) is 1. The van der Waals surface area contributed by atoms with Gasteiger partial charge in [0, 0.05) is 48.7 Å². The summed E-state index contributed by atoms with van der Waals surface area (Å²) in [5.74, 6) is 2.04. The molecule has 2 bridgehead atoms. The molecule has 0 radical (unpaired) electrons. The molecular formula is C22H29N5O2S. The zero-order valence-electron chi connectivity index (χ0n) is 17.8. The van der Waals surface area contributed by atoms with Crippen molar-refractivity contribution in [2.75, 3.05) is 30.4 Å². The van der Waals surface area contributed by atoms with E-state index < -0.39 is 0 Å². The summed E-state index contributed by atoms with van der Waals surface area (Å²) in [5, 5.41) is 3.30. The van der Waals surface area contributed by atoms with Gasteiger partial charge < -0.3 is 14.8 Å². The molecule has 2 aliphatic heterocycles. The fourth-order valence-electron chi connectivity index (χ4n) is 4.74. The lowest BCUT2D eigenvalue weighted by Gasteiger charge is -2.43. The minimum Gasteiger partial charge on any atom is -0.342 e. The molecule has 30 heavy (non-hydrogen) atoms. The van der Waals surface area contributed by atoms with Crippen molar-refractivity contribution >= 4 is 23.6 Å². The van der Waals surface area contributed by atoms with Gasteiger partial charge in [0.1, 0.15) is 6.04 Å². The summed E-state index contributed by atoms with van der Waals surface area (Å²) < 4.78 is 1.90. The van der Waals surface area contributed by atoms with E-state index in [2.05, 4.69) is 21.5 Å². The van der Waals surface area contributed by atoms with Gasteiger partial charge in [0.2, 0.25) is 11.9 Å². The molecule has 0 spiro atoms. The van der Waals surface area contributed by atoms with Crippen LogP contribution in [0.25, 0.3) is 0 Å². The smallest absolute Gasteiger partial charge is 0.250 e. The number of carbonyl (C=O) groups is 1. The number of thioether (sulfide) groups is 1. The lowest BCUT2D eigenvalue weighted by Crippen LogP contribution is -2.53. The Morgan fingerprint density at radius 3 is 2.73 bits per heavy atom. The number of fused-ring (bicyclic) bond motifs is 4. The molecule has 1 amide bonds. The molecule has 2 aromatic heterocycles. The molecule has 1 fully saturated rings. The first-order valence-corrected chi connectivity index (χ1v) is 11.9. The van der Waals surface area contributed by atoms with Gasteiger partial charge in [-0.25, -0.2) is 9.97 Å². The van der Waals surface area contributed by atoms with Crippen LogP contribution in [0.3, 0.4) is 0 Å². The number of likely N-dealkylation sites (tertiary alicyclic amines) is 1. The van der Waals surface area contributed by atoms with Crippen LogP contribution in [0.15, 0.2) is 29.1 Å². The zero-order chi connectivity index (χ0) is 21.3. The van der Waals surface area contributed by atoms with Gasteiger partial charge >= 0.3 is 0 Å². The van der Waals surface area contributed by atoms with Crippen LogP contribution in [-0.2, 0) is 11.3 Å². The second-order valence-electron chi connectivity index (χ2n) is 8.39. The highest BCUT2D eigenvalue weighted by atomic mass is 32.2. The van der Waals surface area contributed by atoms with Crippen molar-refractivity contribution in [1.82, 2.24) is 19.4 Å². The van der Waals surface area contributed by atoms with Crippen molar-refractivity contribution < 1.29 is 4.79 Å². The Kier molecular flexibility index (Phi) is 6.13. The van der Waals surface area contributed by atoms with Crippen molar-refractivity contribution in [3.05, 3.63) is 51.7 Å². The van der Waals surface area contributed by atoms with Crippen LogP contribution < -0.4 is 10.9 Å². The quantitative estimate of drug-likeness (QED) is 0.763. The summed E-state index contributed by atoms with van der Waals surface area (Å²) in [6.45, 7) is 5.91. The maximum atomic E-state index is 13.5. The number of aryl methyl sites for hydroxylation is 2. The predicted octanol–water partition coefficient (Wildman–Crippen LogP) is 2.43. The van der Waals surface area contributed by atoms with Gasteiger partial charge in [-0.05, 0) is 56.7 Å². The lowest BCUT2D eigenvalue weighted by atomic mass is 9.83. The van der Waals surface area contributed by atoms with E-state index in [-0.39, 0.29) is 23.4 Å². The molecular weight excluding hydrogens is 398 g/mol. The topological polar surface area (TPSA) is 80.1 Å². The summed E-state index contributed by atoms with van der Waals surface area (Å²) >= 11 is 1.73. The number of rotatable bonds is 6. The van der Waals surface area contributed by atoms with Crippen LogP contribution in [0.4, 0.5) is 5.95 Å². The van der Waals surface area contributed by atoms with E-state index in [4.69, 9.17) is 0 Å².